The largest absolute Gasteiger partial charge is 0.480 e. The molecule has 35 heavy (non-hydrogen) atoms. The van der Waals surface area contributed by atoms with E-state index in [9.17, 15) is 13.2 Å². The standard InChI is InChI=1S/C23H15ClF3N7O/c1-35-18-10-28-9-17(32-18)19-14(8-12-7-13(24)4-5-15(12)33-19)21(23(25,26)27)34-22-20-16(30-11-31-22)3-2-6-29-20/h2-11,21H,1H3,(H,30,31,34)/t21-/m1/s1. The second-order valence-electron chi connectivity index (χ2n) is 7.42. The summed E-state index contributed by atoms with van der Waals surface area (Å²) >= 11 is 6.10. The zero-order valence-corrected chi connectivity index (χ0v) is 18.7. The van der Waals surface area contributed by atoms with Gasteiger partial charge in [0.1, 0.15) is 17.5 Å². The Bertz CT molecular complexity index is 1540. The highest BCUT2D eigenvalue weighted by molar-refractivity contribution is 6.31. The lowest BCUT2D eigenvalue weighted by atomic mass is 9.99. The molecule has 1 aromatic carbocycles. The number of nitrogens with zero attached hydrogens (tertiary/aromatic N) is 6. The number of rotatable bonds is 5. The molecule has 0 fully saturated rings. The number of pyridine rings is 2. The van der Waals surface area contributed by atoms with Gasteiger partial charge in [-0.3, -0.25) is 9.97 Å². The molecule has 1 N–H and O–H groups in total. The summed E-state index contributed by atoms with van der Waals surface area (Å²) in [5.41, 5.74) is 0.924. The molecule has 5 aromatic rings. The third kappa shape index (κ3) is 4.50. The molecule has 0 radical (unpaired) electrons. The number of methoxy groups -OCH3 is 1. The van der Waals surface area contributed by atoms with Crippen LogP contribution in [0, 0.1) is 0 Å². The minimum atomic E-state index is -4.75. The molecule has 4 heterocycles. The molecule has 8 nitrogen and oxygen atoms in total. The number of hydrogen-bond acceptors (Lipinski definition) is 8. The van der Waals surface area contributed by atoms with Crippen LogP contribution >= 0.6 is 11.6 Å². The molecule has 0 aliphatic carbocycles. The van der Waals surface area contributed by atoms with E-state index in [0.717, 1.165) is 0 Å². The van der Waals surface area contributed by atoms with Crippen molar-refractivity contribution in [2.45, 2.75) is 12.2 Å². The van der Waals surface area contributed by atoms with E-state index in [1.54, 1.807) is 30.3 Å². The molecule has 12 heteroatoms. The van der Waals surface area contributed by atoms with Crippen LogP contribution in [-0.4, -0.2) is 43.2 Å². The zero-order valence-electron chi connectivity index (χ0n) is 18.0. The SMILES string of the molecule is COc1cncc(-c2nc3ccc(Cl)cc3cc2[C@@H](Nc2ncnc3cccnc23)C(F)(F)F)n1. The van der Waals surface area contributed by atoms with Gasteiger partial charge in [0.25, 0.3) is 0 Å². The molecule has 4 aromatic heterocycles. The van der Waals surface area contributed by atoms with Crippen molar-refractivity contribution in [2.24, 2.45) is 0 Å². The van der Waals surface area contributed by atoms with Crippen molar-refractivity contribution in [3.05, 3.63) is 71.9 Å². The Morgan fingerprint density at radius 3 is 2.66 bits per heavy atom. The molecular formula is C23H15ClF3N7O. The number of nitrogens with one attached hydrogen (secondary N) is 1. The summed E-state index contributed by atoms with van der Waals surface area (Å²) in [5, 5.41) is 3.29. The summed E-state index contributed by atoms with van der Waals surface area (Å²) in [6.07, 6.45) is 0.553. The van der Waals surface area contributed by atoms with Crippen LogP contribution in [0.5, 0.6) is 5.88 Å². The summed E-state index contributed by atoms with van der Waals surface area (Å²) in [4.78, 5) is 25.0. The Hall–Kier alpha value is -4.12. The van der Waals surface area contributed by atoms with E-state index in [1.165, 1.54) is 38.1 Å². The summed E-state index contributed by atoms with van der Waals surface area (Å²) < 4.78 is 48.8. The Kier molecular flexibility index (Phi) is 5.77. The van der Waals surface area contributed by atoms with Gasteiger partial charge < -0.3 is 10.1 Å². The highest BCUT2D eigenvalue weighted by Gasteiger charge is 2.43. The number of aromatic nitrogens is 6. The summed E-state index contributed by atoms with van der Waals surface area (Å²) in [5.74, 6) is 0.0563. The highest BCUT2D eigenvalue weighted by atomic mass is 35.5. The van der Waals surface area contributed by atoms with E-state index in [2.05, 4.69) is 35.2 Å². The van der Waals surface area contributed by atoms with E-state index >= 15 is 0 Å². The van der Waals surface area contributed by atoms with Gasteiger partial charge in [-0.2, -0.15) is 13.2 Å². The van der Waals surface area contributed by atoms with E-state index in [4.69, 9.17) is 16.3 Å². The fourth-order valence-electron chi connectivity index (χ4n) is 3.62. The fourth-order valence-corrected chi connectivity index (χ4v) is 3.80. The predicted molar refractivity (Wildman–Crippen MR) is 124 cm³/mol. The zero-order chi connectivity index (χ0) is 24.6. The maximum atomic E-state index is 14.6. The van der Waals surface area contributed by atoms with Crippen LogP contribution in [-0.2, 0) is 0 Å². The van der Waals surface area contributed by atoms with E-state index in [-0.39, 0.29) is 34.2 Å². The average Bonchev–Trinajstić information content (AvgIpc) is 2.86. The van der Waals surface area contributed by atoms with Crippen molar-refractivity contribution in [1.29, 1.82) is 0 Å². The summed E-state index contributed by atoms with van der Waals surface area (Å²) in [6, 6.07) is 7.20. The van der Waals surface area contributed by atoms with Gasteiger partial charge in [-0.15, -0.1) is 0 Å². The van der Waals surface area contributed by atoms with Crippen LogP contribution in [0.2, 0.25) is 5.02 Å². The van der Waals surface area contributed by atoms with Gasteiger partial charge >= 0.3 is 6.18 Å². The van der Waals surface area contributed by atoms with Gasteiger partial charge in [0.2, 0.25) is 5.88 Å². The first-order chi connectivity index (χ1) is 16.8. The number of halogens is 4. The molecule has 0 saturated carbocycles. The lowest BCUT2D eigenvalue weighted by molar-refractivity contribution is -0.143. The lowest BCUT2D eigenvalue weighted by Gasteiger charge is -2.25. The molecule has 0 unspecified atom stereocenters. The third-order valence-corrected chi connectivity index (χ3v) is 5.42. The van der Waals surface area contributed by atoms with Gasteiger partial charge in [0.05, 0.1) is 36.2 Å². The van der Waals surface area contributed by atoms with Crippen molar-refractivity contribution >= 4 is 39.4 Å². The maximum absolute atomic E-state index is 14.6. The van der Waals surface area contributed by atoms with Gasteiger partial charge in [0.15, 0.2) is 11.9 Å². The number of fused-ring (bicyclic) bond motifs is 2. The van der Waals surface area contributed by atoms with E-state index < -0.39 is 12.2 Å². The van der Waals surface area contributed by atoms with Gasteiger partial charge in [-0.25, -0.2) is 19.9 Å². The molecule has 0 spiro atoms. The second-order valence-corrected chi connectivity index (χ2v) is 7.86. The predicted octanol–water partition coefficient (Wildman–Crippen LogP) is 5.41. The Labute approximate surface area is 201 Å². The van der Waals surface area contributed by atoms with Crippen molar-refractivity contribution in [3.63, 3.8) is 0 Å². The summed E-state index contributed by atoms with van der Waals surface area (Å²) in [6.45, 7) is 0. The first-order valence-electron chi connectivity index (χ1n) is 10.2. The number of ether oxygens (including phenoxy) is 1. The molecule has 0 amide bonds. The lowest BCUT2D eigenvalue weighted by Crippen LogP contribution is -2.29. The second kappa shape index (κ2) is 8.91. The Morgan fingerprint density at radius 1 is 1.00 bits per heavy atom. The van der Waals surface area contributed by atoms with Crippen LogP contribution in [0.15, 0.2) is 61.3 Å². The molecule has 0 bridgehead atoms. The normalized spacial score (nSPS) is 12.6. The highest BCUT2D eigenvalue weighted by Crippen LogP contribution is 2.41. The molecular weight excluding hydrogens is 483 g/mol. The van der Waals surface area contributed by atoms with Crippen molar-refractivity contribution in [3.8, 4) is 17.3 Å². The number of anilines is 1. The van der Waals surface area contributed by atoms with Crippen molar-refractivity contribution < 1.29 is 17.9 Å². The number of hydrogen-bond donors (Lipinski definition) is 1. The first kappa shape index (κ1) is 22.7. The van der Waals surface area contributed by atoms with Crippen LogP contribution in [0.25, 0.3) is 33.3 Å². The van der Waals surface area contributed by atoms with Gasteiger partial charge in [0, 0.05) is 22.2 Å². The quantitative estimate of drug-likeness (QED) is 0.344. The number of benzene rings is 1. The van der Waals surface area contributed by atoms with Crippen molar-refractivity contribution in [2.75, 3.05) is 12.4 Å². The molecule has 0 saturated heterocycles. The Balaban J connectivity index is 1.74. The van der Waals surface area contributed by atoms with E-state index in [0.29, 0.717) is 21.4 Å². The minimum absolute atomic E-state index is 0.0210. The topological polar surface area (TPSA) is 98.6 Å². The van der Waals surface area contributed by atoms with Gasteiger partial charge in [-0.05, 0) is 36.4 Å². The van der Waals surface area contributed by atoms with Crippen LogP contribution in [0.1, 0.15) is 11.6 Å². The number of alkyl halides is 3. The smallest absolute Gasteiger partial charge is 0.412 e. The molecule has 5 rings (SSSR count). The summed E-state index contributed by atoms with van der Waals surface area (Å²) in [7, 11) is 1.39. The fraction of sp³-hybridized carbons (Fsp3) is 0.130. The van der Waals surface area contributed by atoms with Crippen LogP contribution in [0.3, 0.4) is 0 Å². The molecule has 0 aliphatic rings. The van der Waals surface area contributed by atoms with Crippen LogP contribution in [0.4, 0.5) is 19.0 Å². The third-order valence-electron chi connectivity index (χ3n) is 5.18. The monoisotopic (exact) mass is 497 g/mol. The van der Waals surface area contributed by atoms with Gasteiger partial charge in [-0.1, -0.05) is 11.6 Å². The molecule has 1 atom stereocenters. The molecule has 0 aliphatic heterocycles. The van der Waals surface area contributed by atoms with Crippen molar-refractivity contribution in [1.82, 2.24) is 29.9 Å². The minimum Gasteiger partial charge on any atom is -0.480 e. The average molecular weight is 498 g/mol. The van der Waals surface area contributed by atoms with Crippen LogP contribution < -0.4 is 10.1 Å². The Morgan fingerprint density at radius 2 is 1.86 bits per heavy atom. The first-order valence-corrected chi connectivity index (χ1v) is 10.6. The van der Waals surface area contributed by atoms with E-state index in [1.807, 2.05) is 0 Å². The molecule has 176 valence electrons. The maximum Gasteiger partial charge on any atom is 0.412 e.